The lowest BCUT2D eigenvalue weighted by Gasteiger charge is -2.25. The van der Waals surface area contributed by atoms with Crippen molar-refractivity contribution >= 4 is 18.2 Å². The fourth-order valence-corrected chi connectivity index (χ4v) is 4.07. The van der Waals surface area contributed by atoms with Crippen molar-refractivity contribution in [1.82, 2.24) is 4.57 Å². The minimum absolute atomic E-state index is 0.00726. The highest BCUT2D eigenvalue weighted by Gasteiger charge is 2.29. The predicted molar refractivity (Wildman–Crippen MR) is 115 cm³/mol. The lowest BCUT2D eigenvalue weighted by molar-refractivity contribution is 0.414. The Labute approximate surface area is 161 Å². The quantitative estimate of drug-likeness (QED) is 0.772. The van der Waals surface area contributed by atoms with Crippen LogP contribution < -0.4 is 15.3 Å². The molecule has 27 heavy (non-hydrogen) atoms. The third-order valence-electron chi connectivity index (χ3n) is 5.41. The van der Waals surface area contributed by atoms with Crippen LogP contribution in [0.3, 0.4) is 0 Å². The Morgan fingerprint density at radius 3 is 2.33 bits per heavy atom. The fraction of sp³-hybridized carbons (Fsp3) is 0.280. The van der Waals surface area contributed by atoms with Gasteiger partial charge in [-0.25, -0.2) is 0 Å². The molecule has 0 radical (unpaired) electrons. The summed E-state index contributed by atoms with van der Waals surface area (Å²) >= 11 is 0. The van der Waals surface area contributed by atoms with Gasteiger partial charge in [0.1, 0.15) is 5.75 Å². The number of benzene rings is 1. The van der Waals surface area contributed by atoms with Crippen LogP contribution in [0.5, 0.6) is 5.75 Å². The van der Waals surface area contributed by atoms with Crippen molar-refractivity contribution in [2.45, 2.75) is 33.1 Å². The highest BCUT2D eigenvalue weighted by atomic mass is 16.5. The average Bonchev–Trinajstić information content (AvgIpc) is 2.72. The van der Waals surface area contributed by atoms with Crippen LogP contribution in [-0.2, 0) is 5.41 Å². The molecule has 1 aromatic heterocycles. The molecule has 0 atom stereocenters. The first-order valence-electron chi connectivity index (χ1n) is 9.50. The Bertz CT molecular complexity index is 1090. The number of methoxy groups -OCH3 is 1. The van der Waals surface area contributed by atoms with Crippen LogP contribution in [0.15, 0.2) is 54.6 Å². The Kier molecular flexibility index (Phi) is 4.03. The van der Waals surface area contributed by atoms with Gasteiger partial charge < -0.3 is 9.30 Å². The zero-order valence-corrected chi connectivity index (χ0v) is 16.8. The summed E-state index contributed by atoms with van der Waals surface area (Å²) in [6.45, 7) is 9.08. The van der Waals surface area contributed by atoms with Gasteiger partial charge in [-0.3, -0.25) is 0 Å². The highest BCUT2D eigenvalue weighted by molar-refractivity contribution is 5.66. The van der Waals surface area contributed by atoms with Crippen LogP contribution in [0.25, 0.3) is 23.9 Å². The molecular weight excluding hydrogens is 330 g/mol. The van der Waals surface area contributed by atoms with Gasteiger partial charge in [-0.1, -0.05) is 76.3 Å². The van der Waals surface area contributed by atoms with Crippen molar-refractivity contribution in [1.29, 1.82) is 0 Å². The van der Waals surface area contributed by atoms with Crippen LogP contribution in [0, 0.1) is 5.41 Å². The Balaban J connectivity index is 2.15. The predicted octanol–water partition coefficient (Wildman–Crippen LogP) is 4.50. The first-order valence-corrected chi connectivity index (χ1v) is 9.50. The molecule has 0 saturated heterocycles. The molecule has 0 aliphatic heterocycles. The third kappa shape index (κ3) is 2.99. The van der Waals surface area contributed by atoms with Crippen LogP contribution in [0.1, 0.15) is 39.0 Å². The number of hydrogen-bond donors (Lipinski definition) is 0. The zero-order valence-electron chi connectivity index (χ0n) is 16.8. The van der Waals surface area contributed by atoms with E-state index in [0.29, 0.717) is 0 Å². The number of fused-ring (bicyclic) bond motifs is 3. The van der Waals surface area contributed by atoms with Gasteiger partial charge in [0.15, 0.2) is 0 Å². The SMILES string of the molecule is COc1ccc(-n2c3c(c4c2=CC(C)(C)C=CC=4)C=CC=CC3(C)C)cc1. The summed E-state index contributed by atoms with van der Waals surface area (Å²) in [5, 5.41) is 2.55. The number of nitrogens with zero attached hydrogens (tertiary/aromatic N) is 1. The summed E-state index contributed by atoms with van der Waals surface area (Å²) in [4.78, 5) is 0. The lowest BCUT2D eigenvalue weighted by Crippen LogP contribution is -2.32. The molecule has 138 valence electrons. The van der Waals surface area contributed by atoms with E-state index in [4.69, 9.17) is 4.74 Å². The molecule has 2 aliphatic rings. The van der Waals surface area contributed by atoms with E-state index in [2.05, 4.69) is 93.0 Å². The summed E-state index contributed by atoms with van der Waals surface area (Å²) in [5.41, 5.74) is 3.69. The minimum atomic E-state index is -0.0828. The summed E-state index contributed by atoms with van der Waals surface area (Å²) < 4.78 is 7.80. The van der Waals surface area contributed by atoms with E-state index in [-0.39, 0.29) is 10.8 Å². The van der Waals surface area contributed by atoms with Gasteiger partial charge in [-0.15, -0.1) is 0 Å². The van der Waals surface area contributed by atoms with Gasteiger partial charge in [-0.2, -0.15) is 0 Å². The molecule has 4 rings (SSSR count). The van der Waals surface area contributed by atoms with Crippen molar-refractivity contribution in [3.05, 3.63) is 76.5 Å². The number of allylic oxidation sites excluding steroid dienone is 5. The second kappa shape index (κ2) is 6.16. The van der Waals surface area contributed by atoms with Gasteiger partial charge in [-0.05, 0) is 24.3 Å². The largest absolute Gasteiger partial charge is 0.497 e. The van der Waals surface area contributed by atoms with Crippen molar-refractivity contribution in [2.75, 3.05) is 7.11 Å². The number of ether oxygens (including phenoxy) is 1. The summed E-state index contributed by atoms with van der Waals surface area (Å²) in [5.74, 6) is 0.875. The van der Waals surface area contributed by atoms with Gasteiger partial charge in [0.05, 0.1) is 12.5 Å². The molecule has 2 nitrogen and oxygen atoms in total. The van der Waals surface area contributed by atoms with E-state index in [1.807, 2.05) is 12.1 Å². The minimum Gasteiger partial charge on any atom is -0.497 e. The third-order valence-corrected chi connectivity index (χ3v) is 5.41. The maximum absolute atomic E-state index is 5.37. The normalized spacial score (nSPS) is 18.6. The smallest absolute Gasteiger partial charge is 0.119 e. The molecule has 1 aromatic carbocycles. The van der Waals surface area contributed by atoms with Gasteiger partial charge in [0, 0.05) is 33.0 Å². The molecule has 1 heterocycles. The first-order chi connectivity index (χ1) is 12.8. The van der Waals surface area contributed by atoms with Crippen molar-refractivity contribution in [2.24, 2.45) is 5.41 Å². The molecule has 2 aromatic rings. The van der Waals surface area contributed by atoms with E-state index < -0.39 is 0 Å². The molecule has 0 spiro atoms. The molecule has 2 heteroatoms. The monoisotopic (exact) mass is 357 g/mol. The standard InChI is InChI=1S/C25H27NO/c1-24(2)15-8-10-20-21-9-6-7-16-25(3,4)23(21)26(22(20)17-24)18-11-13-19(27-5)14-12-18/h6-17H,1-5H3. The summed E-state index contributed by atoms with van der Waals surface area (Å²) in [7, 11) is 1.71. The van der Waals surface area contributed by atoms with Gasteiger partial charge in [0.2, 0.25) is 0 Å². The van der Waals surface area contributed by atoms with Crippen LogP contribution in [0.2, 0.25) is 0 Å². The molecule has 0 N–H and O–H groups in total. The number of rotatable bonds is 2. The number of hydrogen-bond acceptors (Lipinski definition) is 1. The van der Waals surface area contributed by atoms with E-state index in [1.165, 1.54) is 21.8 Å². The lowest BCUT2D eigenvalue weighted by atomic mass is 9.87. The van der Waals surface area contributed by atoms with Gasteiger partial charge in [0.25, 0.3) is 0 Å². The highest BCUT2D eigenvalue weighted by Crippen LogP contribution is 2.32. The molecule has 0 fully saturated rings. The molecule has 0 unspecified atom stereocenters. The topological polar surface area (TPSA) is 14.2 Å². The van der Waals surface area contributed by atoms with Crippen LogP contribution >= 0.6 is 0 Å². The summed E-state index contributed by atoms with van der Waals surface area (Å²) in [6, 6.07) is 8.36. The zero-order chi connectivity index (χ0) is 19.2. The van der Waals surface area contributed by atoms with Crippen molar-refractivity contribution < 1.29 is 4.74 Å². The van der Waals surface area contributed by atoms with E-state index in [0.717, 1.165) is 11.4 Å². The Hall–Kier alpha value is -2.74. The molecule has 0 amide bonds. The van der Waals surface area contributed by atoms with Crippen LogP contribution in [0.4, 0.5) is 0 Å². The Morgan fingerprint density at radius 2 is 1.63 bits per heavy atom. The summed E-state index contributed by atoms with van der Waals surface area (Å²) in [6.07, 6.45) is 17.9. The van der Waals surface area contributed by atoms with Gasteiger partial charge >= 0.3 is 0 Å². The van der Waals surface area contributed by atoms with Crippen LogP contribution in [-0.4, -0.2) is 11.7 Å². The van der Waals surface area contributed by atoms with E-state index in [1.54, 1.807) is 7.11 Å². The first kappa shape index (κ1) is 17.7. The maximum atomic E-state index is 5.37. The molecule has 0 bridgehead atoms. The second-order valence-corrected chi connectivity index (χ2v) is 8.53. The molecule has 2 aliphatic carbocycles. The Morgan fingerprint density at radius 1 is 0.889 bits per heavy atom. The maximum Gasteiger partial charge on any atom is 0.119 e. The van der Waals surface area contributed by atoms with Crippen molar-refractivity contribution in [3.8, 4) is 11.4 Å². The van der Waals surface area contributed by atoms with E-state index in [9.17, 15) is 0 Å². The fourth-order valence-electron chi connectivity index (χ4n) is 4.07. The number of aromatic nitrogens is 1. The molecular formula is C25H27NO. The second-order valence-electron chi connectivity index (χ2n) is 8.53. The molecule has 0 saturated carbocycles. The van der Waals surface area contributed by atoms with Crippen molar-refractivity contribution in [3.63, 3.8) is 0 Å². The average molecular weight is 357 g/mol. The van der Waals surface area contributed by atoms with E-state index >= 15 is 0 Å².